The fourth-order valence-corrected chi connectivity index (χ4v) is 2.08. The van der Waals surface area contributed by atoms with E-state index in [0.29, 0.717) is 37.4 Å². The van der Waals surface area contributed by atoms with Crippen LogP contribution in [0, 0.1) is 0 Å². The molecule has 0 spiro atoms. The number of nitrogens with two attached hydrogens (primary N) is 1. The number of hydrogen-bond acceptors (Lipinski definition) is 4. The smallest absolute Gasteiger partial charge is 0.409 e. The first kappa shape index (κ1) is 13.2. The number of piperazine rings is 1. The lowest BCUT2D eigenvalue weighted by Crippen LogP contribution is -2.50. The summed E-state index contributed by atoms with van der Waals surface area (Å²) in [5.41, 5.74) is 6.81. The molecule has 1 heterocycles. The van der Waals surface area contributed by atoms with E-state index in [1.807, 2.05) is 0 Å². The van der Waals surface area contributed by atoms with E-state index in [2.05, 4.69) is 4.74 Å². The lowest BCUT2D eigenvalue weighted by atomic mass is 10.1. The summed E-state index contributed by atoms with van der Waals surface area (Å²) in [4.78, 5) is 26.9. The maximum absolute atomic E-state index is 12.2. The van der Waals surface area contributed by atoms with Crippen LogP contribution in [0.1, 0.15) is 10.4 Å². The Morgan fingerprint density at radius 3 is 2.37 bits per heavy atom. The molecule has 0 aliphatic carbocycles. The van der Waals surface area contributed by atoms with E-state index in [1.165, 1.54) is 7.11 Å². The van der Waals surface area contributed by atoms with Crippen molar-refractivity contribution in [2.24, 2.45) is 0 Å². The summed E-state index contributed by atoms with van der Waals surface area (Å²) in [5, 5.41) is 0. The zero-order chi connectivity index (χ0) is 13.8. The number of amides is 2. The molecule has 1 saturated heterocycles. The van der Waals surface area contributed by atoms with Crippen LogP contribution in [0.5, 0.6) is 0 Å². The second-order valence-electron chi connectivity index (χ2n) is 4.37. The molecular formula is C13H17N3O3. The van der Waals surface area contributed by atoms with Crippen molar-refractivity contribution < 1.29 is 14.3 Å². The van der Waals surface area contributed by atoms with Gasteiger partial charge >= 0.3 is 6.09 Å². The molecule has 6 nitrogen and oxygen atoms in total. The molecule has 1 aromatic carbocycles. The van der Waals surface area contributed by atoms with E-state index >= 15 is 0 Å². The Morgan fingerprint density at radius 1 is 1.16 bits per heavy atom. The Kier molecular flexibility index (Phi) is 3.89. The molecule has 2 amide bonds. The highest BCUT2D eigenvalue weighted by Crippen LogP contribution is 2.12. The number of rotatable bonds is 1. The average Bonchev–Trinajstić information content (AvgIpc) is 2.46. The standard InChI is InChI=1S/C13H17N3O3/c1-19-13(18)16-7-5-15(6-8-16)12(17)10-3-2-4-11(14)9-10/h2-4,9H,5-8,14H2,1H3. The van der Waals surface area contributed by atoms with Crippen LogP contribution in [-0.4, -0.2) is 55.1 Å². The Morgan fingerprint density at radius 2 is 1.79 bits per heavy atom. The number of carbonyl (C=O) groups is 2. The van der Waals surface area contributed by atoms with E-state index in [-0.39, 0.29) is 12.0 Å². The van der Waals surface area contributed by atoms with Crippen LogP contribution in [0.15, 0.2) is 24.3 Å². The van der Waals surface area contributed by atoms with Gasteiger partial charge < -0.3 is 20.3 Å². The number of anilines is 1. The van der Waals surface area contributed by atoms with Crippen molar-refractivity contribution in [1.29, 1.82) is 0 Å². The first-order valence-corrected chi connectivity index (χ1v) is 6.09. The number of hydrogen-bond donors (Lipinski definition) is 1. The van der Waals surface area contributed by atoms with Gasteiger partial charge in [0, 0.05) is 37.4 Å². The molecule has 0 saturated carbocycles. The quantitative estimate of drug-likeness (QED) is 0.760. The second-order valence-corrected chi connectivity index (χ2v) is 4.37. The van der Waals surface area contributed by atoms with Gasteiger partial charge in [0.1, 0.15) is 0 Å². The molecule has 2 rings (SSSR count). The molecular weight excluding hydrogens is 246 g/mol. The number of ether oxygens (including phenoxy) is 1. The third-order valence-corrected chi connectivity index (χ3v) is 3.13. The highest BCUT2D eigenvalue weighted by molar-refractivity contribution is 5.95. The zero-order valence-electron chi connectivity index (χ0n) is 10.8. The van der Waals surface area contributed by atoms with Crippen LogP contribution < -0.4 is 5.73 Å². The maximum Gasteiger partial charge on any atom is 0.409 e. The number of benzene rings is 1. The summed E-state index contributed by atoms with van der Waals surface area (Å²) in [6.07, 6.45) is -0.351. The lowest BCUT2D eigenvalue weighted by molar-refractivity contribution is 0.0600. The summed E-state index contributed by atoms with van der Waals surface area (Å²) < 4.78 is 4.65. The van der Waals surface area contributed by atoms with Gasteiger partial charge in [-0.25, -0.2) is 4.79 Å². The minimum atomic E-state index is -0.351. The summed E-state index contributed by atoms with van der Waals surface area (Å²) in [5.74, 6) is -0.0585. The van der Waals surface area contributed by atoms with Crippen molar-refractivity contribution in [3.63, 3.8) is 0 Å². The van der Waals surface area contributed by atoms with Crippen molar-refractivity contribution in [2.75, 3.05) is 39.0 Å². The van der Waals surface area contributed by atoms with E-state index in [4.69, 9.17) is 5.73 Å². The fraction of sp³-hybridized carbons (Fsp3) is 0.385. The fourth-order valence-electron chi connectivity index (χ4n) is 2.08. The molecule has 1 aliphatic rings. The highest BCUT2D eigenvalue weighted by atomic mass is 16.5. The molecule has 19 heavy (non-hydrogen) atoms. The molecule has 0 atom stereocenters. The lowest BCUT2D eigenvalue weighted by Gasteiger charge is -2.33. The number of nitrogen functional groups attached to an aromatic ring is 1. The van der Waals surface area contributed by atoms with Crippen LogP contribution in [0.2, 0.25) is 0 Å². The van der Waals surface area contributed by atoms with Crippen LogP contribution in [0.25, 0.3) is 0 Å². The molecule has 1 aliphatic heterocycles. The molecule has 0 aromatic heterocycles. The van der Waals surface area contributed by atoms with Crippen molar-refractivity contribution >= 4 is 17.7 Å². The monoisotopic (exact) mass is 263 g/mol. The summed E-state index contributed by atoms with van der Waals surface area (Å²) in [7, 11) is 1.35. The topological polar surface area (TPSA) is 75.9 Å². The van der Waals surface area contributed by atoms with Crippen LogP contribution in [0.4, 0.5) is 10.5 Å². The highest BCUT2D eigenvalue weighted by Gasteiger charge is 2.25. The van der Waals surface area contributed by atoms with Gasteiger partial charge in [-0.1, -0.05) is 6.07 Å². The Bertz CT molecular complexity index is 482. The largest absolute Gasteiger partial charge is 0.453 e. The minimum absolute atomic E-state index is 0.0585. The number of carbonyl (C=O) groups excluding carboxylic acids is 2. The van der Waals surface area contributed by atoms with Crippen molar-refractivity contribution in [3.05, 3.63) is 29.8 Å². The van der Waals surface area contributed by atoms with Crippen LogP contribution >= 0.6 is 0 Å². The molecule has 0 bridgehead atoms. The van der Waals surface area contributed by atoms with E-state index in [9.17, 15) is 9.59 Å². The normalized spacial score (nSPS) is 15.2. The zero-order valence-corrected chi connectivity index (χ0v) is 10.8. The van der Waals surface area contributed by atoms with Crippen LogP contribution in [-0.2, 0) is 4.74 Å². The summed E-state index contributed by atoms with van der Waals surface area (Å²) in [6, 6.07) is 6.90. The first-order chi connectivity index (χ1) is 9.11. The SMILES string of the molecule is COC(=O)N1CCN(C(=O)c2cccc(N)c2)CC1. The predicted octanol–water partition coefficient (Wildman–Crippen LogP) is 0.793. The van der Waals surface area contributed by atoms with E-state index in [1.54, 1.807) is 34.1 Å². The summed E-state index contributed by atoms with van der Waals surface area (Å²) >= 11 is 0. The average molecular weight is 263 g/mol. The molecule has 0 radical (unpaired) electrons. The van der Waals surface area contributed by atoms with Gasteiger partial charge in [0.2, 0.25) is 0 Å². The molecule has 1 fully saturated rings. The van der Waals surface area contributed by atoms with Gasteiger partial charge in [0.15, 0.2) is 0 Å². The first-order valence-electron chi connectivity index (χ1n) is 6.09. The second kappa shape index (κ2) is 5.60. The van der Waals surface area contributed by atoms with Gasteiger partial charge in [-0.2, -0.15) is 0 Å². The van der Waals surface area contributed by atoms with Crippen LogP contribution in [0.3, 0.4) is 0 Å². The van der Waals surface area contributed by atoms with Gasteiger partial charge in [-0.3, -0.25) is 4.79 Å². The molecule has 102 valence electrons. The van der Waals surface area contributed by atoms with Gasteiger partial charge in [0.25, 0.3) is 5.91 Å². The molecule has 0 unspecified atom stereocenters. The molecule has 1 aromatic rings. The van der Waals surface area contributed by atoms with Gasteiger partial charge in [-0.15, -0.1) is 0 Å². The Labute approximate surface area is 111 Å². The number of nitrogens with zero attached hydrogens (tertiary/aromatic N) is 2. The predicted molar refractivity (Wildman–Crippen MR) is 70.7 cm³/mol. The van der Waals surface area contributed by atoms with Gasteiger partial charge in [0.05, 0.1) is 7.11 Å². The maximum atomic E-state index is 12.2. The van der Waals surface area contributed by atoms with Crippen molar-refractivity contribution in [1.82, 2.24) is 9.80 Å². The van der Waals surface area contributed by atoms with Crippen molar-refractivity contribution in [2.45, 2.75) is 0 Å². The van der Waals surface area contributed by atoms with E-state index < -0.39 is 0 Å². The van der Waals surface area contributed by atoms with Crippen molar-refractivity contribution in [3.8, 4) is 0 Å². The Balaban J connectivity index is 1.98. The molecule has 6 heteroatoms. The van der Waals surface area contributed by atoms with E-state index in [0.717, 1.165) is 0 Å². The Hall–Kier alpha value is -2.24. The molecule has 2 N–H and O–H groups in total. The minimum Gasteiger partial charge on any atom is -0.453 e. The van der Waals surface area contributed by atoms with Gasteiger partial charge in [-0.05, 0) is 18.2 Å². The third kappa shape index (κ3) is 2.96. The summed E-state index contributed by atoms with van der Waals surface area (Å²) in [6.45, 7) is 1.98. The third-order valence-electron chi connectivity index (χ3n) is 3.13. The number of methoxy groups -OCH3 is 1.